The first-order valence-corrected chi connectivity index (χ1v) is 9.87. The van der Waals surface area contributed by atoms with E-state index in [0.717, 1.165) is 62.4 Å². The zero-order valence-electron chi connectivity index (χ0n) is 13.3. The van der Waals surface area contributed by atoms with E-state index in [2.05, 4.69) is 38.4 Å². The Morgan fingerprint density at radius 1 is 1.33 bits per heavy atom. The molecular formula is C18H18BrClN2OS. The monoisotopic (exact) mass is 424 g/mol. The van der Waals surface area contributed by atoms with Crippen molar-refractivity contribution in [3.05, 3.63) is 57.0 Å². The summed E-state index contributed by atoms with van der Waals surface area (Å²) in [6, 6.07) is 12.0. The van der Waals surface area contributed by atoms with Crippen molar-refractivity contribution in [1.29, 1.82) is 0 Å². The topological polar surface area (TPSA) is 33.6 Å². The number of nitrogens with zero attached hydrogens (tertiary/aromatic N) is 1. The van der Waals surface area contributed by atoms with Gasteiger partial charge < -0.3 is 10.1 Å². The Kier molecular flexibility index (Phi) is 6.09. The number of aliphatic imine (C=N–C) groups is 1. The Labute approximate surface area is 160 Å². The van der Waals surface area contributed by atoms with Gasteiger partial charge in [-0.2, -0.15) is 0 Å². The Hall–Kier alpha value is -1.17. The third-order valence-electron chi connectivity index (χ3n) is 3.77. The molecule has 1 N–H and O–H groups in total. The van der Waals surface area contributed by atoms with E-state index in [4.69, 9.17) is 16.3 Å². The van der Waals surface area contributed by atoms with Crippen LogP contribution in [0.2, 0.25) is 5.02 Å². The molecule has 0 aliphatic carbocycles. The Morgan fingerprint density at radius 2 is 2.21 bits per heavy atom. The number of ether oxygens (including phenoxy) is 1. The lowest BCUT2D eigenvalue weighted by atomic mass is 10.1. The number of nitrogens with one attached hydrogen (secondary N) is 1. The Balaban J connectivity index is 1.88. The minimum absolute atomic E-state index is 0.752. The quantitative estimate of drug-likeness (QED) is 0.673. The number of thioether (sulfide) groups is 1. The predicted molar refractivity (Wildman–Crippen MR) is 106 cm³/mol. The molecule has 0 unspecified atom stereocenters. The second-order valence-electron chi connectivity index (χ2n) is 5.36. The SMILES string of the molecule is COc1ccc(Br)cc1SCc1c(Cl)cccc1C1=NCCCN1. The minimum atomic E-state index is 0.752. The highest BCUT2D eigenvalue weighted by Gasteiger charge is 2.15. The molecule has 0 atom stereocenters. The molecule has 1 aliphatic heterocycles. The molecule has 0 bridgehead atoms. The molecule has 0 saturated heterocycles. The lowest BCUT2D eigenvalue weighted by Crippen LogP contribution is -2.31. The van der Waals surface area contributed by atoms with E-state index in [1.807, 2.05) is 24.3 Å². The van der Waals surface area contributed by atoms with Gasteiger partial charge in [0.25, 0.3) is 0 Å². The van der Waals surface area contributed by atoms with Crippen molar-refractivity contribution in [2.75, 3.05) is 20.2 Å². The van der Waals surface area contributed by atoms with Crippen molar-refractivity contribution in [3.8, 4) is 5.75 Å². The van der Waals surface area contributed by atoms with Crippen LogP contribution in [0.3, 0.4) is 0 Å². The van der Waals surface area contributed by atoms with E-state index in [1.54, 1.807) is 18.9 Å². The zero-order chi connectivity index (χ0) is 16.9. The molecular weight excluding hydrogens is 408 g/mol. The molecule has 0 saturated carbocycles. The highest BCUT2D eigenvalue weighted by atomic mass is 79.9. The third-order valence-corrected chi connectivity index (χ3v) is 5.68. The van der Waals surface area contributed by atoms with Crippen molar-refractivity contribution in [1.82, 2.24) is 5.32 Å². The molecule has 0 aromatic heterocycles. The average molecular weight is 426 g/mol. The van der Waals surface area contributed by atoms with Crippen LogP contribution in [0.4, 0.5) is 0 Å². The second-order valence-corrected chi connectivity index (χ2v) is 7.70. The van der Waals surface area contributed by atoms with E-state index in [-0.39, 0.29) is 0 Å². The number of methoxy groups -OCH3 is 1. The average Bonchev–Trinajstić information content (AvgIpc) is 2.61. The molecule has 3 nitrogen and oxygen atoms in total. The lowest BCUT2D eigenvalue weighted by Gasteiger charge is -2.18. The van der Waals surface area contributed by atoms with Crippen molar-refractivity contribution < 1.29 is 4.74 Å². The van der Waals surface area contributed by atoms with Crippen molar-refractivity contribution in [3.63, 3.8) is 0 Å². The van der Waals surface area contributed by atoms with E-state index in [1.165, 1.54) is 0 Å². The maximum Gasteiger partial charge on any atom is 0.132 e. The van der Waals surface area contributed by atoms with Gasteiger partial charge in [-0.1, -0.05) is 39.7 Å². The van der Waals surface area contributed by atoms with Crippen LogP contribution < -0.4 is 10.1 Å². The molecule has 2 aromatic carbocycles. The van der Waals surface area contributed by atoms with Crippen molar-refractivity contribution in [2.45, 2.75) is 17.1 Å². The van der Waals surface area contributed by atoms with Gasteiger partial charge in [0, 0.05) is 33.9 Å². The predicted octanol–water partition coefficient (Wildman–Crippen LogP) is 5.14. The summed E-state index contributed by atoms with van der Waals surface area (Å²) in [5.74, 6) is 2.56. The van der Waals surface area contributed by atoms with Crippen LogP contribution >= 0.6 is 39.3 Å². The summed E-state index contributed by atoms with van der Waals surface area (Å²) in [6.45, 7) is 1.82. The Bertz CT molecular complexity index is 767. The fraction of sp³-hybridized carbons (Fsp3) is 0.278. The second kappa shape index (κ2) is 8.28. The van der Waals surface area contributed by atoms with Crippen LogP contribution in [0.1, 0.15) is 17.5 Å². The molecule has 0 amide bonds. The van der Waals surface area contributed by atoms with Crippen LogP contribution in [0.5, 0.6) is 5.75 Å². The summed E-state index contributed by atoms with van der Waals surface area (Å²) in [5.41, 5.74) is 2.18. The van der Waals surface area contributed by atoms with Crippen LogP contribution in [0, 0.1) is 0 Å². The van der Waals surface area contributed by atoms with Gasteiger partial charge in [-0.15, -0.1) is 11.8 Å². The number of amidine groups is 1. The summed E-state index contributed by atoms with van der Waals surface area (Å²) < 4.78 is 6.49. The van der Waals surface area contributed by atoms with E-state index < -0.39 is 0 Å². The molecule has 1 aliphatic rings. The van der Waals surface area contributed by atoms with Crippen molar-refractivity contribution >= 4 is 45.1 Å². The first kappa shape index (κ1) is 17.6. The fourth-order valence-electron chi connectivity index (χ4n) is 2.55. The first-order valence-electron chi connectivity index (χ1n) is 7.71. The molecule has 0 fully saturated rings. The molecule has 6 heteroatoms. The summed E-state index contributed by atoms with van der Waals surface area (Å²) in [6.07, 6.45) is 1.07. The van der Waals surface area contributed by atoms with Crippen LogP contribution in [-0.4, -0.2) is 26.0 Å². The lowest BCUT2D eigenvalue weighted by molar-refractivity contribution is 0.404. The molecule has 3 rings (SSSR count). The highest BCUT2D eigenvalue weighted by molar-refractivity contribution is 9.10. The maximum absolute atomic E-state index is 6.48. The van der Waals surface area contributed by atoms with Gasteiger partial charge in [-0.05, 0) is 36.2 Å². The van der Waals surface area contributed by atoms with Gasteiger partial charge in [0.1, 0.15) is 11.6 Å². The summed E-state index contributed by atoms with van der Waals surface area (Å²) in [5, 5.41) is 4.15. The Morgan fingerprint density at radius 3 is 2.96 bits per heavy atom. The van der Waals surface area contributed by atoms with Gasteiger partial charge in [0.05, 0.1) is 12.0 Å². The summed E-state index contributed by atoms with van der Waals surface area (Å²) in [7, 11) is 1.69. The largest absolute Gasteiger partial charge is 0.496 e. The molecule has 126 valence electrons. The number of halogens is 2. The number of rotatable bonds is 5. The number of hydrogen-bond acceptors (Lipinski definition) is 4. The summed E-state index contributed by atoms with van der Waals surface area (Å²) in [4.78, 5) is 5.69. The maximum atomic E-state index is 6.48. The number of benzene rings is 2. The van der Waals surface area contributed by atoms with E-state index >= 15 is 0 Å². The van der Waals surface area contributed by atoms with Crippen LogP contribution in [0.25, 0.3) is 0 Å². The standard InChI is InChI=1S/C18H18BrClN2OS/c1-23-16-7-6-12(19)10-17(16)24-11-14-13(4-2-5-15(14)20)18-21-8-3-9-22-18/h2,4-7,10H,3,8-9,11H2,1H3,(H,21,22). The summed E-state index contributed by atoms with van der Waals surface area (Å²) >= 11 is 11.7. The van der Waals surface area contributed by atoms with E-state index in [0.29, 0.717) is 0 Å². The minimum Gasteiger partial charge on any atom is -0.496 e. The molecule has 24 heavy (non-hydrogen) atoms. The van der Waals surface area contributed by atoms with Gasteiger partial charge in [-0.3, -0.25) is 4.99 Å². The van der Waals surface area contributed by atoms with Gasteiger partial charge in [-0.25, -0.2) is 0 Å². The molecule has 2 aromatic rings. The van der Waals surface area contributed by atoms with E-state index in [9.17, 15) is 0 Å². The smallest absolute Gasteiger partial charge is 0.132 e. The van der Waals surface area contributed by atoms with Crippen LogP contribution in [-0.2, 0) is 5.75 Å². The van der Waals surface area contributed by atoms with Gasteiger partial charge in [0.2, 0.25) is 0 Å². The first-order chi connectivity index (χ1) is 11.7. The fourth-order valence-corrected chi connectivity index (χ4v) is 4.50. The third kappa shape index (κ3) is 4.08. The highest BCUT2D eigenvalue weighted by Crippen LogP contribution is 2.36. The van der Waals surface area contributed by atoms with Crippen molar-refractivity contribution in [2.24, 2.45) is 4.99 Å². The van der Waals surface area contributed by atoms with Gasteiger partial charge in [0.15, 0.2) is 0 Å². The van der Waals surface area contributed by atoms with Crippen LogP contribution in [0.15, 0.2) is 50.8 Å². The zero-order valence-corrected chi connectivity index (χ0v) is 16.5. The molecule has 0 radical (unpaired) electrons. The number of hydrogen-bond donors (Lipinski definition) is 1. The normalized spacial score (nSPS) is 14.0. The molecule has 1 heterocycles. The molecule has 0 spiro atoms. The van der Waals surface area contributed by atoms with Gasteiger partial charge >= 0.3 is 0 Å².